The number of carbonyl (C=O) groups excluding carboxylic acids is 2. The van der Waals surface area contributed by atoms with Crippen LogP contribution >= 0.6 is 0 Å². The monoisotopic (exact) mass is 423 g/mol. The summed E-state index contributed by atoms with van der Waals surface area (Å²) in [5.41, 5.74) is 0. The first kappa shape index (κ1) is 23.3. The van der Waals surface area contributed by atoms with Crippen molar-refractivity contribution >= 4 is 12.0 Å². The highest BCUT2D eigenvalue weighted by molar-refractivity contribution is 5.80. The van der Waals surface area contributed by atoms with Gasteiger partial charge in [-0.3, -0.25) is 9.69 Å². The van der Waals surface area contributed by atoms with Gasteiger partial charge in [-0.1, -0.05) is 6.92 Å². The number of hydrogen-bond donors (Lipinski definition) is 0. The second-order valence-electron chi connectivity index (χ2n) is 9.20. The molecule has 3 fully saturated rings. The number of carbonyl (C=O) groups is 2. The number of hydrogen-bond acceptors (Lipinski definition) is 6. The molecule has 0 aliphatic carbocycles. The van der Waals surface area contributed by atoms with Crippen LogP contribution in [0.5, 0.6) is 0 Å². The van der Waals surface area contributed by atoms with Gasteiger partial charge in [0.1, 0.15) is 0 Å². The fraction of sp³-hybridized carbons (Fsp3) is 0.909. The minimum absolute atomic E-state index is 0.0576. The van der Waals surface area contributed by atoms with Crippen molar-refractivity contribution in [3.8, 4) is 0 Å². The average Bonchev–Trinajstić information content (AvgIpc) is 2.78. The SMILES string of the molecule is CCCN(C)C1CCN(C(=O)OCC(=O)N2CCC(N3CCN(C)CC3)CC2)CC1. The first-order valence-electron chi connectivity index (χ1n) is 11.8. The van der Waals surface area contributed by atoms with E-state index in [1.807, 2.05) is 4.90 Å². The normalized spacial score (nSPS) is 23.2. The van der Waals surface area contributed by atoms with Crippen LogP contribution < -0.4 is 0 Å². The van der Waals surface area contributed by atoms with Crippen LogP contribution in [0.25, 0.3) is 0 Å². The van der Waals surface area contributed by atoms with Crippen LogP contribution in [0.1, 0.15) is 39.0 Å². The lowest BCUT2D eigenvalue weighted by Gasteiger charge is -2.42. The van der Waals surface area contributed by atoms with Crippen LogP contribution in [0.2, 0.25) is 0 Å². The van der Waals surface area contributed by atoms with Crippen molar-refractivity contribution in [2.75, 3.05) is 79.6 Å². The van der Waals surface area contributed by atoms with E-state index in [-0.39, 0.29) is 18.6 Å². The predicted octanol–water partition coefficient (Wildman–Crippen LogP) is 1.17. The molecular weight excluding hydrogens is 382 g/mol. The van der Waals surface area contributed by atoms with Gasteiger partial charge in [0.2, 0.25) is 0 Å². The molecule has 3 aliphatic rings. The summed E-state index contributed by atoms with van der Waals surface area (Å²) in [4.78, 5) is 35.9. The third-order valence-corrected chi connectivity index (χ3v) is 7.11. The molecule has 3 heterocycles. The van der Waals surface area contributed by atoms with E-state index < -0.39 is 0 Å². The van der Waals surface area contributed by atoms with Crippen molar-refractivity contribution < 1.29 is 14.3 Å². The number of likely N-dealkylation sites (N-methyl/N-ethyl adjacent to an activating group) is 1. The van der Waals surface area contributed by atoms with Crippen molar-refractivity contribution in [1.82, 2.24) is 24.5 Å². The summed E-state index contributed by atoms with van der Waals surface area (Å²) in [5, 5.41) is 0. The van der Waals surface area contributed by atoms with E-state index in [1.54, 1.807) is 4.90 Å². The molecule has 2 amide bonds. The number of piperidine rings is 2. The van der Waals surface area contributed by atoms with Crippen LogP contribution in [-0.4, -0.2) is 128 Å². The largest absolute Gasteiger partial charge is 0.439 e. The maximum atomic E-state index is 12.5. The Morgan fingerprint density at radius 3 is 2.10 bits per heavy atom. The predicted molar refractivity (Wildman–Crippen MR) is 118 cm³/mol. The Labute approximate surface area is 182 Å². The zero-order chi connectivity index (χ0) is 21.5. The molecule has 0 spiro atoms. The second-order valence-corrected chi connectivity index (χ2v) is 9.20. The van der Waals surface area contributed by atoms with Gasteiger partial charge in [-0.05, 0) is 52.7 Å². The Morgan fingerprint density at radius 2 is 1.50 bits per heavy atom. The van der Waals surface area contributed by atoms with E-state index in [4.69, 9.17) is 4.74 Å². The maximum Gasteiger partial charge on any atom is 0.410 e. The highest BCUT2D eigenvalue weighted by Gasteiger charge is 2.30. The van der Waals surface area contributed by atoms with Gasteiger partial charge in [0.15, 0.2) is 6.61 Å². The Morgan fingerprint density at radius 1 is 0.900 bits per heavy atom. The Hall–Kier alpha value is -1.38. The number of likely N-dealkylation sites (tertiary alicyclic amines) is 2. The molecule has 3 rings (SSSR count). The molecule has 0 aromatic carbocycles. The first-order valence-corrected chi connectivity index (χ1v) is 11.8. The van der Waals surface area contributed by atoms with Gasteiger partial charge in [-0.2, -0.15) is 0 Å². The third kappa shape index (κ3) is 6.31. The summed E-state index contributed by atoms with van der Waals surface area (Å²) in [6, 6.07) is 1.12. The van der Waals surface area contributed by atoms with Crippen molar-refractivity contribution in [3.05, 3.63) is 0 Å². The third-order valence-electron chi connectivity index (χ3n) is 7.11. The van der Waals surface area contributed by atoms with E-state index in [9.17, 15) is 9.59 Å². The van der Waals surface area contributed by atoms with Gasteiger partial charge in [0.05, 0.1) is 0 Å². The summed E-state index contributed by atoms with van der Waals surface area (Å²) in [7, 11) is 4.33. The van der Waals surface area contributed by atoms with Gasteiger partial charge in [-0.25, -0.2) is 4.79 Å². The smallest absolute Gasteiger partial charge is 0.410 e. The van der Waals surface area contributed by atoms with Crippen LogP contribution in [0.4, 0.5) is 4.79 Å². The lowest BCUT2D eigenvalue weighted by atomic mass is 10.0. The van der Waals surface area contributed by atoms with E-state index in [0.29, 0.717) is 25.2 Å². The lowest BCUT2D eigenvalue weighted by molar-refractivity contribution is -0.136. The molecule has 0 saturated carbocycles. The number of rotatable bonds is 6. The topological polar surface area (TPSA) is 59.6 Å². The minimum atomic E-state index is -0.340. The lowest BCUT2D eigenvalue weighted by Crippen LogP contribution is -2.53. The molecule has 3 saturated heterocycles. The fourth-order valence-corrected chi connectivity index (χ4v) is 5.00. The van der Waals surface area contributed by atoms with Crippen LogP contribution in [0, 0.1) is 0 Å². The Bertz CT molecular complexity index is 551. The molecule has 0 unspecified atom stereocenters. The van der Waals surface area contributed by atoms with Gasteiger partial charge >= 0.3 is 6.09 Å². The Balaban J connectivity index is 1.32. The summed E-state index contributed by atoms with van der Waals surface area (Å²) >= 11 is 0. The highest BCUT2D eigenvalue weighted by atomic mass is 16.6. The van der Waals surface area contributed by atoms with Crippen molar-refractivity contribution in [3.63, 3.8) is 0 Å². The minimum Gasteiger partial charge on any atom is -0.439 e. The van der Waals surface area contributed by atoms with Gasteiger partial charge < -0.3 is 24.3 Å². The zero-order valence-corrected chi connectivity index (χ0v) is 19.2. The molecule has 8 heteroatoms. The molecule has 0 atom stereocenters. The molecule has 0 bridgehead atoms. The summed E-state index contributed by atoms with van der Waals surface area (Å²) in [6.07, 6.45) is 4.78. The first-order chi connectivity index (χ1) is 14.5. The summed E-state index contributed by atoms with van der Waals surface area (Å²) in [6.45, 7) is 10.6. The zero-order valence-electron chi connectivity index (χ0n) is 19.2. The Kier molecular flexibility index (Phi) is 8.77. The molecule has 8 nitrogen and oxygen atoms in total. The maximum absolute atomic E-state index is 12.5. The molecule has 172 valence electrons. The summed E-state index contributed by atoms with van der Waals surface area (Å²) in [5.74, 6) is -0.0576. The number of piperazine rings is 1. The van der Waals surface area contributed by atoms with E-state index in [1.165, 1.54) is 0 Å². The second kappa shape index (κ2) is 11.3. The average molecular weight is 424 g/mol. The quantitative estimate of drug-likeness (QED) is 0.639. The molecular formula is C22H41N5O3. The number of amides is 2. The summed E-state index contributed by atoms with van der Waals surface area (Å²) < 4.78 is 5.36. The van der Waals surface area contributed by atoms with Crippen LogP contribution in [0.15, 0.2) is 0 Å². The molecule has 0 N–H and O–H groups in total. The van der Waals surface area contributed by atoms with Crippen LogP contribution in [0.3, 0.4) is 0 Å². The van der Waals surface area contributed by atoms with Gasteiger partial charge in [0.25, 0.3) is 5.91 Å². The molecule has 0 aromatic rings. The fourth-order valence-electron chi connectivity index (χ4n) is 5.00. The van der Waals surface area contributed by atoms with Crippen LogP contribution in [-0.2, 0) is 9.53 Å². The molecule has 0 aromatic heterocycles. The van der Waals surface area contributed by atoms with Crippen molar-refractivity contribution in [2.45, 2.75) is 51.1 Å². The standard InChI is InChI=1S/C22H41N5O3/c1-4-9-24(3)19-5-12-27(13-6-19)22(29)30-18-21(28)26-10-7-20(8-11-26)25-16-14-23(2)15-17-25/h19-20H,4-18H2,1-3H3. The number of nitrogens with zero attached hydrogens (tertiary/aromatic N) is 5. The van der Waals surface area contributed by atoms with Gasteiger partial charge in [0, 0.05) is 64.4 Å². The van der Waals surface area contributed by atoms with E-state index >= 15 is 0 Å². The highest BCUT2D eigenvalue weighted by Crippen LogP contribution is 2.19. The van der Waals surface area contributed by atoms with Gasteiger partial charge in [-0.15, -0.1) is 0 Å². The molecule has 30 heavy (non-hydrogen) atoms. The van der Waals surface area contributed by atoms with Crippen molar-refractivity contribution in [1.29, 1.82) is 0 Å². The van der Waals surface area contributed by atoms with Crippen molar-refractivity contribution in [2.24, 2.45) is 0 Å². The number of ether oxygens (including phenoxy) is 1. The van der Waals surface area contributed by atoms with E-state index in [2.05, 4.69) is 35.7 Å². The molecule has 3 aliphatic heterocycles. The molecule has 0 radical (unpaired) electrons. The van der Waals surface area contributed by atoms with E-state index in [0.717, 1.165) is 77.9 Å².